The molecule has 0 fully saturated rings. The number of aliphatic hydroxyl groups is 1. The van der Waals surface area contributed by atoms with Gasteiger partial charge in [-0.1, -0.05) is 0 Å². The minimum atomic E-state index is -1.63. The molecule has 0 aromatic carbocycles. The lowest BCUT2D eigenvalue weighted by atomic mass is 10.3. The third-order valence-electron chi connectivity index (χ3n) is 1.74. The average Bonchev–Trinajstić information content (AvgIpc) is 2.69. The van der Waals surface area contributed by atoms with Crippen molar-refractivity contribution in [1.29, 1.82) is 0 Å². The van der Waals surface area contributed by atoms with Gasteiger partial charge in [0.1, 0.15) is 5.76 Å². The van der Waals surface area contributed by atoms with E-state index in [0.29, 0.717) is 5.76 Å². The number of carbonyl (C=O) groups is 2. The molecule has 1 heterocycles. The van der Waals surface area contributed by atoms with Crippen LogP contribution in [0.2, 0.25) is 0 Å². The van der Waals surface area contributed by atoms with E-state index < -0.39 is 18.0 Å². The molecule has 0 aliphatic carbocycles. The first-order valence-electron chi connectivity index (χ1n) is 4.72. The number of rotatable bonds is 6. The molecule has 0 unspecified atom stereocenters. The number of carboxylic acids is 1. The van der Waals surface area contributed by atoms with Gasteiger partial charge in [-0.15, -0.1) is 0 Å². The van der Waals surface area contributed by atoms with Crippen LogP contribution < -0.4 is 10.1 Å². The van der Waals surface area contributed by atoms with Gasteiger partial charge in [-0.05, 0) is 12.1 Å². The number of aliphatic hydroxyl groups excluding tert-OH is 1. The summed E-state index contributed by atoms with van der Waals surface area (Å²) in [5.74, 6) is -1.26. The van der Waals surface area contributed by atoms with Crippen LogP contribution in [-0.4, -0.2) is 46.5 Å². The van der Waals surface area contributed by atoms with Crippen LogP contribution >= 0.6 is 0 Å². The number of ether oxygens (including phenoxy) is 1. The van der Waals surface area contributed by atoms with E-state index >= 15 is 0 Å². The Balaban J connectivity index is 2.24. The Morgan fingerprint density at radius 1 is 1.65 bits per heavy atom. The normalized spacial score (nSPS) is 11.9. The fraction of sp³-hybridized carbons (Fsp3) is 0.444. The molecule has 94 valence electrons. The minimum absolute atomic E-state index is 0.163. The molecule has 17 heavy (non-hydrogen) atoms. The van der Waals surface area contributed by atoms with Crippen LogP contribution in [0, 0.1) is 6.92 Å². The van der Waals surface area contributed by atoms with Crippen molar-refractivity contribution in [3.8, 4) is 5.88 Å². The highest BCUT2D eigenvalue weighted by Crippen LogP contribution is 2.09. The summed E-state index contributed by atoms with van der Waals surface area (Å²) in [6, 6.07) is 1.50. The maximum absolute atomic E-state index is 11.2. The average molecular weight is 244 g/mol. The van der Waals surface area contributed by atoms with Gasteiger partial charge in [0, 0.05) is 6.07 Å². The molecule has 1 atom stereocenters. The summed E-state index contributed by atoms with van der Waals surface area (Å²) in [6.45, 7) is 0.955. The van der Waals surface area contributed by atoms with E-state index in [1.54, 1.807) is 6.92 Å². The van der Waals surface area contributed by atoms with Crippen LogP contribution in [0.3, 0.4) is 0 Å². The molecule has 0 saturated carbocycles. The summed E-state index contributed by atoms with van der Waals surface area (Å²) in [5, 5.41) is 22.9. The number of aliphatic carboxylic acids is 1. The van der Waals surface area contributed by atoms with E-state index in [1.165, 1.54) is 6.07 Å². The standard InChI is InChI=1S/C9H12N2O6/c1-5-2-8(11-17-5)16-4-7(13)10-3-6(12)9(14)15/h2,6,12H,3-4H2,1H3,(H,10,13)(H,14,15)/t6-/m0/s1. The third-order valence-corrected chi connectivity index (χ3v) is 1.74. The second-order valence-corrected chi connectivity index (χ2v) is 3.22. The highest BCUT2D eigenvalue weighted by atomic mass is 16.5. The van der Waals surface area contributed by atoms with Crippen LogP contribution in [0.25, 0.3) is 0 Å². The maximum Gasteiger partial charge on any atom is 0.334 e. The predicted molar refractivity (Wildman–Crippen MR) is 53.4 cm³/mol. The zero-order valence-corrected chi connectivity index (χ0v) is 9.04. The number of amides is 1. The van der Waals surface area contributed by atoms with Crippen molar-refractivity contribution in [3.05, 3.63) is 11.8 Å². The second kappa shape index (κ2) is 5.85. The monoisotopic (exact) mass is 244 g/mol. The van der Waals surface area contributed by atoms with Crippen molar-refractivity contribution >= 4 is 11.9 Å². The second-order valence-electron chi connectivity index (χ2n) is 3.22. The SMILES string of the molecule is Cc1cc(OCC(=O)NC[C@H](O)C(=O)O)no1. The van der Waals surface area contributed by atoms with Gasteiger partial charge in [0.25, 0.3) is 11.8 Å². The lowest BCUT2D eigenvalue weighted by Crippen LogP contribution is -2.38. The zero-order valence-electron chi connectivity index (χ0n) is 9.04. The molecule has 1 rings (SSSR count). The Hall–Kier alpha value is -2.09. The summed E-state index contributed by atoms with van der Waals surface area (Å²) >= 11 is 0. The number of hydrogen-bond donors (Lipinski definition) is 3. The van der Waals surface area contributed by atoms with E-state index in [-0.39, 0.29) is 19.0 Å². The fourth-order valence-corrected chi connectivity index (χ4v) is 0.900. The number of carbonyl (C=O) groups excluding carboxylic acids is 1. The largest absolute Gasteiger partial charge is 0.479 e. The predicted octanol–water partition coefficient (Wildman–Crippen LogP) is -1.08. The molecule has 3 N–H and O–H groups in total. The molecule has 0 radical (unpaired) electrons. The molecule has 1 aromatic heterocycles. The summed E-state index contributed by atoms with van der Waals surface area (Å²) < 4.78 is 9.64. The van der Waals surface area contributed by atoms with E-state index in [9.17, 15) is 9.59 Å². The minimum Gasteiger partial charge on any atom is -0.479 e. The van der Waals surface area contributed by atoms with E-state index in [2.05, 4.69) is 10.5 Å². The fourth-order valence-electron chi connectivity index (χ4n) is 0.900. The lowest BCUT2D eigenvalue weighted by molar-refractivity contribution is -0.146. The van der Waals surface area contributed by atoms with Crippen LogP contribution in [0.5, 0.6) is 5.88 Å². The molecular weight excluding hydrogens is 232 g/mol. The van der Waals surface area contributed by atoms with Crippen molar-refractivity contribution in [2.75, 3.05) is 13.2 Å². The maximum atomic E-state index is 11.2. The number of aromatic nitrogens is 1. The summed E-state index contributed by atoms with van der Waals surface area (Å²) in [4.78, 5) is 21.4. The number of nitrogens with zero attached hydrogens (tertiary/aromatic N) is 1. The molecule has 1 amide bonds. The van der Waals surface area contributed by atoms with Gasteiger partial charge in [-0.3, -0.25) is 4.79 Å². The van der Waals surface area contributed by atoms with Crippen LogP contribution in [0.15, 0.2) is 10.6 Å². The van der Waals surface area contributed by atoms with Gasteiger partial charge >= 0.3 is 5.97 Å². The van der Waals surface area contributed by atoms with Crippen molar-refractivity contribution in [3.63, 3.8) is 0 Å². The number of carboxylic acid groups (broad SMARTS) is 1. The Labute approximate surface area is 96.2 Å². The van der Waals surface area contributed by atoms with Crippen LogP contribution in [-0.2, 0) is 9.59 Å². The number of hydrogen-bond acceptors (Lipinski definition) is 6. The van der Waals surface area contributed by atoms with E-state index in [0.717, 1.165) is 0 Å². The first-order valence-corrected chi connectivity index (χ1v) is 4.72. The molecule has 0 bridgehead atoms. The summed E-state index contributed by atoms with van der Waals surface area (Å²) in [5.41, 5.74) is 0. The lowest BCUT2D eigenvalue weighted by Gasteiger charge is -2.07. The number of aryl methyl sites for hydroxylation is 1. The van der Waals surface area contributed by atoms with Gasteiger partial charge in [0.2, 0.25) is 0 Å². The van der Waals surface area contributed by atoms with Crippen LogP contribution in [0.1, 0.15) is 5.76 Å². The summed E-state index contributed by atoms with van der Waals surface area (Å²) in [6.07, 6.45) is -1.63. The quantitative estimate of drug-likeness (QED) is 0.582. The van der Waals surface area contributed by atoms with Crippen molar-refractivity contribution in [2.24, 2.45) is 0 Å². The highest BCUT2D eigenvalue weighted by molar-refractivity contribution is 5.79. The van der Waals surface area contributed by atoms with Gasteiger partial charge in [0.05, 0.1) is 6.54 Å². The molecule has 8 heteroatoms. The highest BCUT2D eigenvalue weighted by Gasteiger charge is 2.14. The Kier molecular flexibility index (Phi) is 4.46. The van der Waals surface area contributed by atoms with Gasteiger partial charge in [0.15, 0.2) is 12.7 Å². The summed E-state index contributed by atoms with van der Waals surface area (Å²) in [7, 11) is 0. The molecule has 0 spiro atoms. The molecule has 8 nitrogen and oxygen atoms in total. The Morgan fingerprint density at radius 3 is 2.88 bits per heavy atom. The van der Waals surface area contributed by atoms with Crippen molar-refractivity contribution in [2.45, 2.75) is 13.0 Å². The number of nitrogens with one attached hydrogen (secondary N) is 1. The topological polar surface area (TPSA) is 122 Å². The first-order chi connectivity index (χ1) is 7.99. The molecule has 0 aliphatic heterocycles. The zero-order chi connectivity index (χ0) is 12.8. The van der Waals surface area contributed by atoms with Gasteiger partial charge in [-0.2, -0.15) is 0 Å². The van der Waals surface area contributed by atoms with Crippen molar-refractivity contribution < 1.29 is 29.1 Å². The van der Waals surface area contributed by atoms with Gasteiger partial charge in [-0.25, -0.2) is 4.79 Å². The third kappa shape index (κ3) is 4.51. The van der Waals surface area contributed by atoms with Crippen LogP contribution in [0.4, 0.5) is 0 Å². The van der Waals surface area contributed by atoms with E-state index in [4.69, 9.17) is 19.5 Å². The first kappa shape index (κ1) is 13.0. The molecule has 0 aliphatic rings. The molecule has 0 saturated heterocycles. The molecule has 1 aromatic rings. The Morgan fingerprint density at radius 2 is 2.35 bits per heavy atom. The van der Waals surface area contributed by atoms with Crippen molar-refractivity contribution in [1.82, 2.24) is 10.5 Å². The Bertz CT molecular complexity index is 402. The van der Waals surface area contributed by atoms with Gasteiger partial charge < -0.3 is 24.8 Å². The molecular formula is C9H12N2O6. The smallest absolute Gasteiger partial charge is 0.334 e. The van der Waals surface area contributed by atoms with E-state index in [1.807, 2.05) is 0 Å².